The third-order valence-electron chi connectivity index (χ3n) is 2.91. The molecular weight excluding hydrogens is 316 g/mol. The first-order chi connectivity index (χ1) is 9.22. The van der Waals surface area contributed by atoms with Crippen molar-refractivity contribution in [3.63, 3.8) is 0 Å². The largest absolute Gasteiger partial charge is 0.386 e. The minimum Gasteiger partial charge on any atom is -0.386 e. The summed E-state index contributed by atoms with van der Waals surface area (Å²) in [5, 5.41) is 11.5. The molecule has 3 rings (SSSR count). The fraction of sp³-hybridized carbons (Fsp3) is 0.545. The normalized spacial score (nSPS) is 23.1. The number of amidine groups is 1. The molecule has 102 valence electrons. The number of oxime groups is 2. The van der Waals surface area contributed by atoms with Crippen LogP contribution >= 0.6 is 15.9 Å². The predicted octanol–water partition coefficient (Wildman–Crippen LogP) is 1.84. The second-order valence-electron chi connectivity index (χ2n) is 4.55. The molecule has 0 bridgehead atoms. The summed E-state index contributed by atoms with van der Waals surface area (Å²) < 4.78 is 5.85. The molecule has 2 aliphatic rings. The van der Waals surface area contributed by atoms with Crippen molar-refractivity contribution in [1.82, 2.24) is 5.16 Å². The zero-order chi connectivity index (χ0) is 13.2. The Morgan fingerprint density at radius 1 is 1.58 bits per heavy atom. The molecule has 0 radical (unpaired) electrons. The fourth-order valence-electron chi connectivity index (χ4n) is 1.70. The first-order valence-corrected chi connectivity index (χ1v) is 6.80. The van der Waals surface area contributed by atoms with Crippen LogP contribution < -0.4 is 5.73 Å². The maximum absolute atomic E-state index is 5.73. The Morgan fingerprint density at radius 2 is 2.42 bits per heavy atom. The lowest BCUT2D eigenvalue weighted by Crippen LogP contribution is -2.28. The lowest BCUT2D eigenvalue weighted by molar-refractivity contribution is 0.0947. The van der Waals surface area contributed by atoms with Crippen LogP contribution in [-0.2, 0) is 16.3 Å². The van der Waals surface area contributed by atoms with Crippen molar-refractivity contribution in [1.29, 1.82) is 0 Å². The first-order valence-electron chi connectivity index (χ1n) is 6.01. The van der Waals surface area contributed by atoms with Crippen molar-refractivity contribution < 1.29 is 14.2 Å². The van der Waals surface area contributed by atoms with E-state index in [0.29, 0.717) is 22.7 Å². The van der Waals surface area contributed by atoms with Crippen molar-refractivity contribution in [3.05, 3.63) is 17.5 Å². The Morgan fingerprint density at radius 3 is 3.11 bits per heavy atom. The van der Waals surface area contributed by atoms with E-state index in [1.54, 1.807) is 0 Å². The number of hydrogen-bond acceptors (Lipinski definition) is 6. The second-order valence-corrected chi connectivity index (χ2v) is 5.46. The first kappa shape index (κ1) is 12.5. The number of aromatic nitrogens is 1. The Labute approximate surface area is 117 Å². The summed E-state index contributed by atoms with van der Waals surface area (Å²) in [6.07, 6.45) is 2.57. The maximum Gasteiger partial charge on any atom is 0.193 e. The smallest absolute Gasteiger partial charge is 0.193 e. The topological polar surface area (TPSA) is 95.2 Å². The van der Waals surface area contributed by atoms with Crippen LogP contribution in [0.3, 0.4) is 0 Å². The quantitative estimate of drug-likeness (QED) is 0.505. The van der Waals surface area contributed by atoms with E-state index in [9.17, 15) is 0 Å². The molecule has 8 heteroatoms. The third kappa shape index (κ3) is 3.06. The standard InChI is InChI=1S/C11H13BrN4O3/c12-10-4-9(19-15-10)11(13)16-17-5-7-3-8(14-18-7)6-1-2-6/h3,6,9H,1-2,4-5H2,(H2,13,16). The molecule has 0 spiro atoms. The molecule has 1 aliphatic carbocycles. The van der Waals surface area contributed by atoms with Gasteiger partial charge >= 0.3 is 0 Å². The molecule has 7 nitrogen and oxygen atoms in total. The van der Waals surface area contributed by atoms with Crippen molar-refractivity contribution in [2.24, 2.45) is 16.0 Å². The van der Waals surface area contributed by atoms with Gasteiger partial charge in [-0.1, -0.05) is 15.5 Å². The highest BCUT2D eigenvalue weighted by atomic mass is 79.9. The molecule has 1 atom stereocenters. The van der Waals surface area contributed by atoms with Crippen molar-refractivity contribution >= 4 is 26.4 Å². The third-order valence-corrected chi connectivity index (χ3v) is 3.38. The van der Waals surface area contributed by atoms with E-state index < -0.39 is 0 Å². The lowest BCUT2D eigenvalue weighted by atomic mass is 10.2. The van der Waals surface area contributed by atoms with Crippen LogP contribution in [0.25, 0.3) is 0 Å². The zero-order valence-electron chi connectivity index (χ0n) is 10.1. The summed E-state index contributed by atoms with van der Waals surface area (Å²) in [5.74, 6) is 1.45. The van der Waals surface area contributed by atoms with Gasteiger partial charge in [0.25, 0.3) is 0 Å². The van der Waals surface area contributed by atoms with E-state index in [4.69, 9.17) is 19.9 Å². The van der Waals surface area contributed by atoms with Gasteiger partial charge in [0.1, 0.15) is 4.62 Å². The number of halogens is 1. The number of nitrogens with zero attached hydrogens (tertiary/aromatic N) is 3. The van der Waals surface area contributed by atoms with Crippen LogP contribution in [0.2, 0.25) is 0 Å². The van der Waals surface area contributed by atoms with Crippen LogP contribution in [0.1, 0.15) is 36.6 Å². The second kappa shape index (κ2) is 5.20. The highest BCUT2D eigenvalue weighted by molar-refractivity contribution is 9.18. The molecule has 1 fully saturated rings. The van der Waals surface area contributed by atoms with E-state index in [2.05, 4.69) is 31.4 Å². The van der Waals surface area contributed by atoms with Gasteiger partial charge in [0.2, 0.25) is 0 Å². The van der Waals surface area contributed by atoms with Crippen molar-refractivity contribution in [2.75, 3.05) is 0 Å². The minimum absolute atomic E-state index is 0.204. The Bertz CT molecular complexity index is 524. The van der Waals surface area contributed by atoms with Gasteiger partial charge in [-0.15, -0.1) is 0 Å². The highest BCUT2D eigenvalue weighted by Gasteiger charge is 2.27. The van der Waals surface area contributed by atoms with Gasteiger partial charge in [-0.3, -0.25) is 0 Å². The lowest BCUT2D eigenvalue weighted by Gasteiger charge is -2.05. The summed E-state index contributed by atoms with van der Waals surface area (Å²) in [5.41, 5.74) is 6.72. The highest BCUT2D eigenvalue weighted by Crippen LogP contribution is 2.39. The molecular formula is C11H13BrN4O3. The van der Waals surface area contributed by atoms with Crippen molar-refractivity contribution in [3.8, 4) is 0 Å². The fourth-order valence-corrected chi connectivity index (χ4v) is 2.08. The molecule has 1 aliphatic heterocycles. The van der Waals surface area contributed by atoms with Gasteiger partial charge < -0.3 is 19.9 Å². The molecule has 0 aromatic carbocycles. The van der Waals surface area contributed by atoms with Crippen LogP contribution in [0.4, 0.5) is 0 Å². The average molecular weight is 329 g/mol. The van der Waals surface area contributed by atoms with Gasteiger partial charge in [-0.05, 0) is 28.8 Å². The van der Waals surface area contributed by atoms with E-state index in [-0.39, 0.29) is 18.5 Å². The van der Waals surface area contributed by atoms with Crippen molar-refractivity contribution in [2.45, 2.75) is 37.9 Å². The minimum atomic E-state index is -0.369. The molecule has 0 saturated heterocycles. The molecule has 1 saturated carbocycles. The number of rotatable bonds is 5. The molecule has 1 unspecified atom stereocenters. The summed E-state index contributed by atoms with van der Waals surface area (Å²) >= 11 is 3.22. The molecule has 2 N–H and O–H groups in total. The van der Waals surface area contributed by atoms with Gasteiger partial charge in [0.15, 0.2) is 24.3 Å². The maximum atomic E-state index is 5.73. The number of hydrogen-bond donors (Lipinski definition) is 1. The van der Waals surface area contributed by atoms with E-state index in [1.807, 2.05) is 6.07 Å². The Hall–Kier alpha value is -1.57. The van der Waals surface area contributed by atoms with Gasteiger partial charge in [0, 0.05) is 18.4 Å². The molecule has 1 aromatic rings. The summed E-state index contributed by atoms with van der Waals surface area (Å²) in [7, 11) is 0. The summed E-state index contributed by atoms with van der Waals surface area (Å²) in [6, 6.07) is 1.90. The van der Waals surface area contributed by atoms with Crippen LogP contribution in [0, 0.1) is 0 Å². The van der Waals surface area contributed by atoms with Crippen LogP contribution in [0.5, 0.6) is 0 Å². The van der Waals surface area contributed by atoms with Gasteiger partial charge in [0.05, 0.1) is 5.69 Å². The van der Waals surface area contributed by atoms with Crippen LogP contribution in [0.15, 0.2) is 20.9 Å². The van der Waals surface area contributed by atoms with Gasteiger partial charge in [-0.2, -0.15) is 0 Å². The summed E-state index contributed by atoms with van der Waals surface area (Å²) in [6.45, 7) is 0.204. The summed E-state index contributed by atoms with van der Waals surface area (Å²) in [4.78, 5) is 10.2. The number of nitrogens with two attached hydrogens (primary N) is 1. The molecule has 0 amide bonds. The SMILES string of the molecule is N/C(=N\OCc1cc(C2CC2)no1)C1CC(Br)=NO1. The van der Waals surface area contributed by atoms with E-state index >= 15 is 0 Å². The monoisotopic (exact) mass is 328 g/mol. The molecule has 2 heterocycles. The predicted molar refractivity (Wildman–Crippen MR) is 70.7 cm³/mol. The zero-order valence-corrected chi connectivity index (χ0v) is 11.7. The van der Waals surface area contributed by atoms with Crippen LogP contribution in [-0.4, -0.2) is 21.7 Å². The Balaban J connectivity index is 1.48. The molecule has 19 heavy (non-hydrogen) atoms. The van der Waals surface area contributed by atoms with E-state index in [1.165, 1.54) is 12.8 Å². The van der Waals surface area contributed by atoms with E-state index in [0.717, 1.165) is 5.69 Å². The van der Waals surface area contributed by atoms with Gasteiger partial charge in [-0.25, -0.2) is 0 Å². The Kier molecular flexibility index (Phi) is 3.41. The average Bonchev–Trinajstić information content (AvgIpc) is 2.98. The molecule has 1 aromatic heterocycles.